The number of nitrogens with zero attached hydrogens (tertiary/aromatic N) is 4. The van der Waals surface area contributed by atoms with Gasteiger partial charge in [-0.2, -0.15) is 4.37 Å². The van der Waals surface area contributed by atoms with Crippen LogP contribution >= 0.6 is 11.5 Å². The molecule has 21 heavy (non-hydrogen) atoms. The fourth-order valence-corrected chi connectivity index (χ4v) is 3.89. The number of amides is 1. The zero-order chi connectivity index (χ0) is 14.8. The standard InChI is InChI=1S/C15H24N4OS/c1-11-16-15(21-17-11)19-8-6-12(7-9-19)10-18(2)14(20)13-4-3-5-13/h12-13H,3-10H2,1-2H3. The molecule has 1 aliphatic carbocycles. The highest BCUT2D eigenvalue weighted by Crippen LogP contribution is 2.29. The topological polar surface area (TPSA) is 49.3 Å². The summed E-state index contributed by atoms with van der Waals surface area (Å²) in [5.41, 5.74) is 0. The first-order chi connectivity index (χ1) is 10.1. The molecule has 1 saturated heterocycles. The maximum Gasteiger partial charge on any atom is 0.225 e. The van der Waals surface area contributed by atoms with Gasteiger partial charge in [-0.05, 0) is 38.5 Å². The minimum atomic E-state index is 0.319. The third-order valence-electron chi connectivity index (χ3n) is 4.76. The summed E-state index contributed by atoms with van der Waals surface area (Å²) in [6, 6.07) is 0. The van der Waals surface area contributed by atoms with Gasteiger partial charge in [0, 0.05) is 44.1 Å². The number of rotatable bonds is 4. The molecule has 0 radical (unpaired) electrons. The molecule has 116 valence electrons. The molecule has 0 unspecified atom stereocenters. The molecule has 2 aliphatic rings. The highest BCUT2D eigenvalue weighted by molar-refractivity contribution is 7.09. The zero-order valence-electron chi connectivity index (χ0n) is 12.9. The van der Waals surface area contributed by atoms with Crippen molar-refractivity contribution in [1.82, 2.24) is 14.3 Å². The number of aryl methyl sites for hydroxylation is 1. The number of carbonyl (C=O) groups is 1. The van der Waals surface area contributed by atoms with Crippen molar-refractivity contribution >= 4 is 22.6 Å². The van der Waals surface area contributed by atoms with Crippen LogP contribution in [0.4, 0.5) is 5.13 Å². The second-order valence-electron chi connectivity index (χ2n) is 6.40. The van der Waals surface area contributed by atoms with Crippen LogP contribution in [-0.4, -0.2) is 46.8 Å². The smallest absolute Gasteiger partial charge is 0.225 e. The second-order valence-corrected chi connectivity index (χ2v) is 7.13. The molecular weight excluding hydrogens is 284 g/mol. The molecular formula is C15H24N4OS. The van der Waals surface area contributed by atoms with Crippen LogP contribution in [0.5, 0.6) is 0 Å². The maximum absolute atomic E-state index is 12.2. The molecule has 3 rings (SSSR count). The van der Waals surface area contributed by atoms with E-state index in [1.54, 1.807) is 0 Å². The van der Waals surface area contributed by atoms with Gasteiger partial charge in [0.25, 0.3) is 0 Å². The Morgan fingerprint density at radius 1 is 1.33 bits per heavy atom. The van der Waals surface area contributed by atoms with Crippen LogP contribution in [0.25, 0.3) is 0 Å². The van der Waals surface area contributed by atoms with Crippen molar-refractivity contribution in [2.45, 2.75) is 39.0 Å². The molecule has 5 nitrogen and oxygen atoms in total. The van der Waals surface area contributed by atoms with Gasteiger partial charge in [0.1, 0.15) is 5.82 Å². The van der Waals surface area contributed by atoms with Gasteiger partial charge < -0.3 is 9.80 Å². The van der Waals surface area contributed by atoms with Crippen molar-refractivity contribution in [3.63, 3.8) is 0 Å². The number of hydrogen-bond acceptors (Lipinski definition) is 5. The number of piperidine rings is 1. The second kappa shape index (κ2) is 6.30. The number of anilines is 1. The van der Waals surface area contributed by atoms with E-state index in [1.165, 1.54) is 18.0 Å². The zero-order valence-corrected chi connectivity index (χ0v) is 13.7. The fraction of sp³-hybridized carbons (Fsp3) is 0.800. The van der Waals surface area contributed by atoms with Crippen LogP contribution in [0, 0.1) is 18.8 Å². The van der Waals surface area contributed by atoms with Crippen LogP contribution in [0.1, 0.15) is 37.9 Å². The monoisotopic (exact) mass is 308 g/mol. The average molecular weight is 308 g/mol. The van der Waals surface area contributed by atoms with Gasteiger partial charge in [0.05, 0.1) is 0 Å². The maximum atomic E-state index is 12.2. The Morgan fingerprint density at radius 3 is 2.57 bits per heavy atom. The molecule has 1 aromatic heterocycles. The van der Waals surface area contributed by atoms with Crippen LogP contribution in [0.3, 0.4) is 0 Å². The number of carbonyl (C=O) groups excluding carboxylic acids is 1. The number of hydrogen-bond donors (Lipinski definition) is 0. The van der Waals surface area contributed by atoms with E-state index in [0.29, 0.717) is 17.7 Å². The van der Waals surface area contributed by atoms with E-state index >= 15 is 0 Å². The van der Waals surface area contributed by atoms with Crippen molar-refractivity contribution in [1.29, 1.82) is 0 Å². The molecule has 1 aliphatic heterocycles. The Labute approximate surface area is 130 Å². The summed E-state index contributed by atoms with van der Waals surface area (Å²) < 4.78 is 4.25. The molecule has 1 amide bonds. The van der Waals surface area contributed by atoms with E-state index in [-0.39, 0.29) is 0 Å². The Bertz CT molecular complexity index is 492. The van der Waals surface area contributed by atoms with E-state index in [1.807, 2.05) is 18.9 Å². The van der Waals surface area contributed by atoms with Crippen LogP contribution in [-0.2, 0) is 4.79 Å². The summed E-state index contributed by atoms with van der Waals surface area (Å²) in [6.45, 7) is 4.92. The third-order valence-corrected chi connectivity index (χ3v) is 5.63. The van der Waals surface area contributed by atoms with Crippen molar-refractivity contribution in [2.75, 3.05) is 31.6 Å². The van der Waals surface area contributed by atoms with Crippen molar-refractivity contribution < 1.29 is 4.79 Å². The predicted molar refractivity (Wildman–Crippen MR) is 84.6 cm³/mol. The van der Waals surface area contributed by atoms with Gasteiger partial charge in [-0.15, -0.1) is 0 Å². The summed E-state index contributed by atoms with van der Waals surface area (Å²) >= 11 is 1.49. The van der Waals surface area contributed by atoms with Gasteiger partial charge in [-0.25, -0.2) is 4.98 Å². The fourth-order valence-electron chi connectivity index (χ4n) is 3.17. The van der Waals surface area contributed by atoms with Crippen LogP contribution < -0.4 is 4.90 Å². The lowest BCUT2D eigenvalue weighted by Crippen LogP contribution is -2.42. The molecule has 0 aromatic carbocycles. The van der Waals surface area contributed by atoms with Gasteiger partial charge in [-0.1, -0.05) is 6.42 Å². The number of aromatic nitrogens is 2. The van der Waals surface area contributed by atoms with E-state index in [2.05, 4.69) is 14.3 Å². The van der Waals surface area contributed by atoms with Gasteiger partial charge in [0.15, 0.2) is 0 Å². The van der Waals surface area contributed by atoms with Crippen molar-refractivity contribution in [3.05, 3.63) is 5.82 Å². The summed E-state index contributed by atoms with van der Waals surface area (Å²) in [6.07, 6.45) is 5.70. The molecule has 0 atom stereocenters. The quantitative estimate of drug-likeness (QED) is 0.856. The summed E-state index contributed by atoms with van der Waals surface area (Å²) in [4.78, 5) is 20.9. The molecule has 0 N–H and O–H groups in total. The van der Waals surface area contributed by atoms with Crippen molar-refractivity contribution in [2.24, 2.45) is 11.8 Å². The Hall–Kier alpha value is -1.17. The Morgan fingerprint density at radius 2 is 2.05 bits per heavy atom. The predicted octanol–water partition coefficient (Wildman–Crippen LogP) is 2.32. The first kappa shape index (κ1) is 14.8. The summed E-state index contributed by atoms with van der Waals surface area (Å²) in [5, 5.41) is 1.05. The first-order valence-electron chi connectivity index (χ1n) is 7.93. The summed E-state index contributed by atoms with van der Waals surface area (Å²) in [7, 11) is 1.97. The molecule has 0 spiro atoms. The van der Waals surface area contributed by atoms with E-state index < -0.39 is 0 Å². The SMILES string of the molecule is Cc1nsc(N2CCC(CN(C)C(=O)C3CCC3)CC2)n1. The molecule has 2 fully saturated rings. The molecule has 1 aromatic rings. The van der Waals surface area contributed by atoms with Crippen molar-refractivity contribution in [3.8, 4) is 0 Å². The largest absolute Gasteiger partial charge is 0.347 e. The van der Waals surface area contributed by atoms with E-state index in [0.717, 1.165) is 56.3 Å². The average Bonchev–Trinajstić information content (AvgIpc) is 2.84. The normalized spacial score (nSPS) is 20.4. The van der Waals surface area contributed by atoms with Gasteiger partial charge >= 0.3 is 0 Å². The Balaban J connectivity index is 1.46. The van der Waals surface area contributed by atoms with Gasteiger partial charge in [-0.3, -0.25) is 4.79 Å². The lowest BCUT2D eigenvalue weighted by atomic mass is 9.84. The van der Waals surface area contributed by atoms with Gasteiger partial charge in [0.2, 0.25) is 11.0 Å². The third kappa shape index (κ3) is 3.36. The molecule has 6 heteroatoms. The van der Waals surface area contributed by atoms with E-state index in [9.17, 15) is 4.79 Å². The van der Waals surface area contributed by atoms with E-state index in [4.69, 9.17) is 0 Å². The summed E-state index contributed by atoms with van der Waals surface area (Å²) in [5.74, 6) is 2.18. The minimum Gasteiger partial charge on any atom is -0.347 e. The molecule has 0 bridgehead atoms. The Kier molecular flexibility index (Phi) is 4.42. The first-order valence-corrected chi connectivity index (χ1v) is 8.71. The molecule has 2 heterocycles. The lowest BCUT2D eigenvalue weighted by Gasteiger charge is -2.35. The van der Waals surface area contributed by atoms with Crippen LogP contribution in [0.15, 0.2) is 0 Å². The minimum absolute atomic E-state index is 0.319. The van der Waals surface area contributed by atoms with Crippen LogP contribution in [0.2, 0.25) is 0 Å². The molecule has 1 saturated carbocycles. The highest BCUT2D eigenvalue weighted by Gasteiger charge is 2.30. The lowest BCUT2D eigenvalue weighted by molar-refractivity contribution is -0.137. The highest BCUT2D eigenvalue weighted by atomic mass is 32.1.